The molecule has 0 aromatic heterocycles. The molecule has 0 fully saturated rings. The standard InChI is InChI=1S/C19H33O3P/c1-8-20-23(21-9-2)22-17-12-10-16(11-13-17)18(15(3)4)14-19(5,6)7/h10-13,15,18H,8-9,14H2,1-7H3. The minimum atomic E-state index is -1.30. The largest absolute Gasteiger partial charge is 0.427 e. The van der Waals surface area contributed by atoms with Crippen LogP contribution in [0.3, 0.4) is 0 Å². The Morgan fingerprint density at radius 2 is 1.48 bits per heavy atom. The van der Waals surface area contributed by atoms with E-state index in [1.165, 1.54) is 12.0 Å². The van der Waals surface area contributed by atoms with Gasteiger partial charge in [0.25, 0.3) is 0 Å². The van der Waals surface area contributed by atoms with E-state index in [-0.39, 0.29) is 0 Å². The second-order valence-electron chi connectivity index (χ2n) is 7.33. The lowest BCUT2D eigenvalue weighted by molar-refractivity contribution is 0.221. The van der Waals surface area contributed by atoms with E-state index in [0.29, 0.717) is 30.5 Å². The first-order chi connectivity index (χ1) is 10.8. The molecule has 0 aliphatic rings. The van der Waals surface area contributed by atoms with E-state index in [0.717, 1.165) is 5.75 Å². The molecule has 23 heavy (non-hydrogen) atoms. The van der Waals surface area contributed by atoms with Gasteiger partial charge in [-0.2, -0.15) is 0 Å². The normalized spacial score (nSPS) is 13.6. The van der Waals surface area contributed by atoms with Gasteiger partial charge in [-0.05, 0) is 55.2 Å². The first-order valence-electron chi connectivity index (χ1n) is 8.60. The summed E-state index contributed by atoms with van der Waals surface area (Å²) in [6, 6.07) is 8.41. The minimum absolute atomic E-state index is 0.322. The van der Waals surface area contributed by atoms with Gasteiger partial charge in [0, 0.05) is 0 Å². The van der Waals surface area contributed by atoms with Crippen LogP contribution in [0, 0.1) is 11.3 Å². The molecule has 0 bridgehead atoms. The molecule has 0 amide bonds. The van der Waals surface area contributed by atoms with Gasteiger partial charge in [0.2, 0.25) is 0 Å². The Morgan fingerprint density at radius 3 is 1.87 bits per heavy atom. The summed E-state index contributed by atoms with van der Waals surface area (Å²) in [6.45, 7) is 16.6. The second-order valence-corrected chi connectivity index (χ2v) is 8.48. The van der Waals surface area contributed by atoms with Crippen LogP contribution in [0.5, 0.6) is 5.75 Å². The number of benzene rings is 1. The Balaban J connectivity index is 2.80. The number of rotatable bonds is 9. The lowest BCUT2D eigenvalue weighted by atomic mass is 9.76. The third-order valence-electron chi connectivity index (χ3n) is 3.59. The van der Waals surface area contributed by atoms with Crippen LogP contribution >= 0.6 is 8.60 Å². The quantitative estimate of drug-likeness (QED) is 0.478. The van der Waals surface area contributed by atoms with Crippen molar-refractivity contribution in [3.8, 4) is 5.75 Å². The zero-order chi connectivity index (χ0) is 17.5. The van der Waals surface area contributed by atoms with E-state index in [1.54, 1.807) is 0 Å². The maximum atomic E-state index is 5.81. The topological polar surface area (TPSA) is 27.7 Å². The van der Waals surface area contributed by atoms with Crippen molar-refractivity contribution in [3.05, 3.63) is 29.8 Å². The van der Waals surface area contributed by atoms with Gasteiger partial charge in [-0.3, -0.25) is 0 Å². The molecule has 1 aromatic carbocycles. The van der Waals surface area contributed by atoms with Crippen molar-refractivity contribution in [2.45, 2.75) is 60.8 Å². The Hall–Kier alpha value is -0.630. The van der Waals surface area contributed by atoms with Crippen LogP contribution in [0.1, 0.15) is 66.4 Å². The number of hydrogen-bond acceptors (Lipinski definition) is 3. The molecule has 0 aliphatic carbocycles. The molecule has 0 heterocycles. The summed E-state index contributed by atoms with van der Waals surface area (Å²) in [5, 5.41) is 0. The van der Waals surface area contributed by atoms with Crippen molar-refractivity contribution in [2.24, 2.45) is 11.3 Å². The lowest BCUT2D eigenvalue weighted by Crippen LogP contribution is -2.16. The average molecular weight is 340 g/mol. The molecule has 1 unspecified atom stereocenters. The summed E-state index contributed by atoms with van der Waals surface area (Å²) in [6.07, 6.45) is 1.18. The molecule has 0 spiro atoms. The maximum absolute atomic E-state index is 5.81. The molecule has 1 atom stereocenters. The molecule has 0 N–H and O–H groups in total. The van der Waals surface area contributed by atoms with Gasteiger partial charge < -0.3 is 13.6 Å². The van der Waals surface area contributed by atoms with Crippen molar-refractivity contribution in [2.75, 3.05) is 13.2 Å². The van der Waals surface area contributed by atoms with Crippen LogP contribution in [0.15, 0.2) is 24.3 Å². The van der Waals surface area contributed by atoms with Crippen LogP contribution in [0.25, 0.3) is 0 Å². The lowest BCUT2D eigenvalue weighted by Gasteiger charge is -2.29. The van der Waals surface area contributed by atoms with Crippen molar-refractivity contribution in [1.82, 2.24) is 0 Å². The van der Waals surface area contributed by atoms with E-state index in [2.05, 4.69) is 46.8 Å². The third-order valence-corrected chi connectivity index (χ3v) is 4.89. The Morgan fingerprint density at radius 1 is 0.957 bits per heavy atom. The van der Waals surface area contributed by atoms with Crippen LogP contribution in [-0.4, -0.2) is 13.2 Å². The predicted molar refractivity (Wildman–Crippen MR) is 98.9 cm³/mol. The predicted octanol–water partition coefficient (Wildman–Crippen LogP) is 6.54. The molecule has 1 aromatic rings. The van der Waals surface area contributed by atoms with E-state index in [4.69, 9.17) is 13.6 Å². The number of hydrogen-bond donors (Lipinski definition) is 0. The van der Waals surface area contributed by atoms with Crippen molar-refractivity contribution in [3.63, 3.8) is 0 Å². The van der Waals surface area contributed by atoms with Gasteiger partial charge in [0.05, 0.1) is 13.2 Å². The molecule has 1 rings (SSSR count). The fourth-order valence-corrected chi connectivity index (χ4v) is 3.46. The first kappa shape index (κ1) is 20.4. The van der Waals surface area contributed by atoms with Crippen molar-refractivity contribution < 1.29 is 13.6 Å². The highest BCUT2D eigenvalue weighted by molar-refractivity contribution is 7.42. The van der Waals surface area contributed by atoms with E-state index >= 15 is 0 Å². The molecule has 0 saturated carbocycles. The molecule has 0 aliphatic heterocycles. The van der Waals surface area contributed by atoms with Crippen LogP contribution < -0.4 is 4.52 Å². The SMILES string of the molecule is CCOP(OCC)Oc1ccc(C(CC(C)(C)C)C(C)C)cc1. The van der Waals surface area contributed by atoms with Crippen LogP contribution in [0.4, 0.5) is 0 Å². The maximum Gasteiger partial charge on any atom is 0.397 e. The molecular formula is C19H33O3P. The van der Waals surface area contributed by atoms with Crippen LogP contribution in [-0.2, 0) is 9.05 Å². The highest BCUT2D eigenvalue weighted by Gasteiger charge is 2.23. The summed E-state index contributed by atoms with van der Waals surface area (Å²) >= 11 is 0. The smallest absolute Gasteiger partial charge is 0.397 e. The van der Waals surface area contributed by atoms with Gasteiger partial charge in [0.1, 0.15) is 5.75 Å². The zero-order valence-corrected chi connectivity index (χ0v) is 16.7. The first-order valence-corrected chi connectivity index (χ1v) is 9.70. The van der Waals surface area contributed by atoms with Gasteiger partial charge in [-0.1, -0.05) is 46.8 Å². The fourth-order valence-electron chi connectivity index (χ4n) is 2.56. The van der Waals surface area contributed by atoms with E-state index in [1.807, 2.05) is 26.0 Å². The summed E-state index contributed by atoms with van der Waals surface area (Å²) in [5.41, 5.74) is 1.70. The highest BCUT2D eigenvalue weighted by atomic mass is 31.2. The molecule has 0 saturated heterocycles. The Bertz CT molecular complexity index is 431. The highest BCUT2D eigenvalue weighted by Crippen LogP contribution is 2.41. The summed E-state index contributed by atoms with van der Waals surface area (Å²) in [7, 11) is -1.30. The van der Waals surface area contributed by atoms with Gasteiger partial charge >= 0.3 is 8.60 Å². The monoisotopic (exact) mass is 340 g/mol. The van der Waals surface area contributed by atoms with E-state index < -0.39 is 8.60 Å². The van der Waals surface area contributed by atoms with E-state index in [9.17, 15) is 0 Å². The molecule has 4 heteroatoms. The summed E-state index contributed by atoms with van der Waals surface area (Å²) in [5.74, 6) is 1.98. The average Bonchev–Trinajstić information content (AvgIpc) is 2.45. The van der Waals surface area contributed by atoms with Gasteiger partial charge in [0.15, 0.2) is 0 Å². The van der Waals surface area contributed by atoms with Gasteiger partial charge in [-0.25, -0.2) is 0 Å². The molecule has 0 radical (unpaired) electrons. The van der Waals surface area contributed by atoms with Gasteiger partial charge in [-0.15, -0.1) is 0 Å². The molecule has 132 valence electrons. The zero-order valence-electron chi connectivity index (χ0n) is 15.8. The fraction of sp³-hybridized carbons (Fsp3) is 0.684. The summed E-state index contributed by atoms with van der Waals surface area (Å²) < 4.78 is 16.8. The Kier molecular flexibility index (Phi) is 8.53. The Labute approximate surface area is 143 Å². The van der Waals surface area contributed by atoms with Crippen molar-refractivity contribution in [1.29, 1.82) is 0 Å². The van der Waals surface area contributed by atoms with Crippen molar-refractivity contribution >= 4 is 8.60 Å². The van der Waals surface area contributed by atoms with Crippen LogP contribution in [0.2, 0.25) is 0 Å². The third kappa shape index (κ3) is 7.65. The molecule has 3 nitrogen and oxygen atoms in total. The second kappa shape index (κ2) is 9.61. The minimum Gasteiger partial charge on any atom is -0.427 e. The molecular weight excluding hydrogens is 307 g/mol. The summed E-state index contributed by atoms with van der Waals surface area (Å²) in [4.78, 5) is 0.